The molecule has 5 rings (SSSR count). The lowest BCUT2D eigenvalue weighted by molar-refractivity contribution is -0.124. The Balaban J connectivity index is 1.48. The number of benzene rings is 2. The van der Waals surface area contributed by atoms with E-state index in [1.54, 1.807) is 18.2 Å². The second-order valence-electron chi connectivity index (χ2n) is 7.95. The summed E-state index contributed by atoms with van der Waals surface area (Å²) in [6.07, 6.45) is 7.32. The summed E-state index contributed by atoms with van der Waals surface area (Å²) < 4.78 is 0. The monoisotopic (exact) mass is 461 g/mol. The number of nitrogens with zero attached hydrogens (tertiary/aromatic N) is 3. The van der Waals surface area contributed by atoms with Gasteiger partial charge < -0.3 is 5.11 Å². The maximum atomic E-state index is 13.4. The lowest BCUT2D eigenvalue weighted by Gasteiger charge is -2.30. The number of hydrogen-bond donors (Lipinski definition) is 1. The molecule has 1 aromatic heterocycles. The molecule has 5 nitrogen and oxygen atoms in total. The third kappa shape index (κ3) is 4.49. The van der Waals surface area contributed by atoms with Gasteiger partial charge in [0, 0.05) is 17.0 Å². The Morgan fingerprint density at radius 1 is 1.06 bits per heavy atom. The molecule has 0 unspecified atom stereocenters. The molecule has 0 atom stereocenters. The molecule has 2 aliphatic rings. The minimum absolute atomic E-state index is 0.0103. The van der Waals surface area contributed by atoms with Crippen LogP contribution >= 0.6 is 23.1 Å². The first-order chi connectivity index (χ1) is 15.7. The second-order valence-corrected chi connectivity index (χ2v) is 9.79. The van der Waals surface area contributed by atoms with Crippen LogP contribution in [0.15, 0.2) is 69.9 Å². The molecule has 7 heteroatoms. The molecule has 1 aliphatic heterocycles. The number of hydrogen-bond acceptors (Lipinski definition) is 6. The average Bonchev–Trinajstić information content (AvgIpc) is 3.40. The Morgan fingerprint density at radius 3 is 2.66 bits per heavy atom. The normalized spacial score (nSPS) is 19.9. The summed E-state index contributed by atoms with van der Waals surface area (Å²) in [6.45, 7) is 0. The van der Waals surface area contributed by atoms with Crippen molar-refractivity contribution in [1.29, 1.82) is 0 Å². The van der Waals surface area contributed by atoms with Gasteiger partial charge in [-0.25, -0.2) is 4.98 Å². The molecule has 0 radical (unpaired) electrons. The maximum absolute atomic E-state index is 13.4. The quantitative estimate of drug-likeness (QED) is 0.453. The number of carbonyl (C=O) groups excluding carboxylic acids is 1. The van der Waals surface area contributed by atoms with Crippen molar-refractivity contribution in [3.05, 3.63) is 70.4 Å². The van der Waals surface area contributed by atoms with Gasteiger partial charge in [0.1, 0.15) is 5.75 Å². The van der Waals surface area contributed by atoms with Gasteiger partial charge >= 0.3 is 0 Å². The number of carbonyl (C=O) groups is 1. The average molecular weight is 462 g/mol. The molecular formula is C25H23N3O2S2. The highest BCUT2D eigenvalue weighted by Crippen LogP contribution is 2.39. The molecule has 3 aromatic rings. The molecule has 2 fully saturated rings. The van der Waals surface area contributed by atoms with E-state index in [1.165, 1.54) is 29.5 Å². The van der Waals surface area contributed by atoms with E-state index in [0.717, 1.165) is 42.5 Å². The first-order valence-electron chi connectivity index (χ1n) is 10.8. The number of amidine groups is 1. The fourth-order valence-electron chi connectivity index (χ4n) is 4.13. The van der Waals surface area contributed by atoms with Crippen LogP contribution in [0.2, 0.25) is 0 Å². The van der Waals surface area contributed by atoms with Gasteiger partial charge in [0.2, 0.25) is 5.13 Å². The highest BCUT2D eigenvalue weighted by molar-refractivity contribution is 8.18. The summed E-state index contributed by atoms with van der Waals surface area (Å²) in [7, 11) is 0. The summed E-state index contributed by atoms with van der Waals surface area (Å²) >= 11 is 2.88. The minimum atomic E-state index is -0.0103. The van der Waals surface area contributed by atoms with Gasteiger partial charge in [-0.3, -0.25) is 9.69 Å². The van der Waals surface area contributed by atoms with Crippen LogP contribution in [0.1, 0.15) is 37.7 Å². The van der Waals surface area contributed by atoms with Gasteiger partial charge in [-0.15, -0.1) is 11.3 Å². The Bertz CT molecular complexity index is 1180. The fourth-order valence-corrected chi connectivity index (χ4v) is 5.92. The zero-order valence-corrected chi connectivity index (χ0v) is 19.1. The third-order valence-electron chi connectivity index (χ3n) is 5.70. The van der Waals surface area contributed by atoms with E-state index in [9.17, 15) is 9.90 Å². The zero-order valence-electron chi connectivity index (χ0n) is 17.5. The fraction of sp³-hybridized carbons (Fsp3) is 0.240. The molecule has 1 amide bonds. The highest BCUT2D eigenvalue weighted by atomic mass is 32.2. The number of phenols is 1. The van der Waals surface area contributed by atoms with Crippen LogP contribution in [0.4, 0.5) is 5.13 Å². The third-order valence-corrected chi connectivity index (χ3v) is 7.42. The molecule has 0 spiro atoms. The SMILES string of the molecule is O=C1/C(=C/c2cccc(O)c2)S/C(=N/c2nc(-c3ccccc3)cs2)N1C1CCCCC1. The van der Waals surface area contributed by atoms with Crippen LogP contribution in [0.3, 0.4) is 0 Å². The van der Waals surface area contributed by atoms with Crippen LogP contribution in [-0.2, 0) is 4.79 Å². The van der Waals surface area contributed by atoms with Crippen molar-refractivity contribution in [1.82, 2.24) is 9.88 Å². The molecule has 1 aliphatic carbocycles. The van der Waals surface area contributed by atoms with E-state index in [0.29, 0.717) is 15.2 Å². The first kappa shape index (κ1) is 21.0. The largest absolute Gasteiger partial charge is 0.508 e. The van der Waals surface area contributed by atoms with Crippen LogP contribution in [0.5, 0.6) is 5.75 Å². The van der Waals surface area contributed by atoms with Gasteiger partial charge in [0.25, 0.3) is 5.91 Å². The maximum Gasteiger partial charge on any atom is 0.267 e. The van der Waals surface area contributed by atoms with E-state index < -0.39 is 0 Å². The molecule has 32 heavy (non-hydrogen) atoms. The van der Waals surface area contributed by atoms with Gasteiger partial charge in [-0.1, -0.05) is 61.7 Å². The zero-order chi connectivity index (χ0) is 21.9. The Hall–Kier alpha value is -2.90. The summed E-state index contributed by atoms with van der Waals surface area (Å²) in [5.74, 6) is 0.174. The first-order valence-corrected chi connectivity index (χ1v) is 12.5. The van der Waals surface area contributed by atoms with Gasteiger partial charge in [-0.2, -0.15) is 4.99 Å². The highest BCUT2D eigenvalue weighted by Gasteiger charge is 2.38. The Morgan fingerprint density at radius 2 is 1.88 bits per heavy atom. The van der Waals surface area contributed by atoms with Crippen molar-refractivity contribution >= 4 is 45.4 Å². The molecular weight excluding hydrogens is 438 g/mol. The summed E-state index contributed by atoms with van der Waals surface area (Å²) in [5.41, 5.74) is 2.74. The number of phenolic OH excluding ortho intramolecular Hbond substituents is 1. The number of amides is 1. The number of aromatic hydroxyl groups is 1. The summed E-state index contributed by atoms with van der Waals surface area (Å²) in [4.78, 5) is 25.4. The van der Waals surface area contributed by atoms with Crippen LogP contribution in [0, 0.1) is 0 Å². The number of rotatable bonds is 4. The molecule has 2 aromatic carbocycles. The Kier molecular flexibility index (Phi) is 6.10. The van der Waals surface area contributed by atoms with Crippen molar-refractivity contribution in [2.45, 2.75) is 38.1 Å². The van der Waals surface area contributed by atoms with Crippen molar-refractivity contribution in [2.24, 2.45) is 4.99 Å². The van der Waals surface area contributed by atoms with E-state index >= 15 is 0 Å². The van der Waals surface area contributed by atoms with Crippen molar-refractivity contribution in [3.63, 3.8) is 0 Å². The van der Waals surface area contributed by atoms with Crippen LogP contribution in [-0.4, -0.2) is 32.1 Å². The van der Waals surface area contributed by atoms with E-state index in [1.807, 2.05) is 52.8 Å². The van der Waals surface area contributed by atoms with Crippen molar-refractivity contribution < 1.29 is 9.90 Å². The van der Waals surface area contributed by atoms with Crippen molar-refractivity contribution in [3.8, 4) is 17.0 Å². The Labute approximate surface area is 195 Å². The molecule has 162 valence electrons. The van der Waals surface area contributed by atoms with Gasteiger partial charge in [-0.05, 0) is 48.4 Å². The van der Waals surface area contributed by atoms with Crippen molar-refractivity contribution in [2.75, 3.05) is 0 Å². The molecule has 2 heterocycles. The number of aliphatic imine (C=N–C) groups is 1. The summed E-state index contributed by atoms with van der Waals surface area (Å²) in [6, 6.07) is 17.2. The van der Waals surface area contributed by atoms with Crippen LogP contribution in [0.25, 0.3) is 17.3 Å². The second kappa shape index (κ2) is 9.30. The molecule has 1 N–H and O–H groups in total. The smallest absolute Gasteiger partial charge is 0.267 e. The molecule has 1 saturated carbocycles. The summed E-state index contributed by atoms with van der Waals surface area (Å²) in [5, 5.41) is 13.1. The topological polar surface area (TPSA) is 65.8 Å². The number of aromatic nitrogens is 1. The predicted molar refractivity (Wildman–Crippen MR) is 132 cm³/mol. The number of thiazole rings is 1. The minimum Gasteiger partial charge on any atom is -0.508 e. The van der Waals surface area contributed by atoms with E-state index in [4.69, 9.17) is 9.98 Å². The van der Waals surface area contributed by atoms with Gasteiger partial charge in [0.05, 0.1) is 10.6 Å². The lowest BCUT2D eigenvalue weighted by atomic mass is 9.94. The standard InChI is InChI=1S/C25H23N3O2S2/c29-20-13-7-8-17(14-20)15-22-23(30)28(19-11-5-2-6-12-19)25(32-22)27-24-26-21(16-31-24)18-9-3-1-4-10-18/h1,3-4,7-10,13-16,19,29H,2,5-6,11-12H2/b22-15-,27-25+. The van der Waals surface area contributed by atoms with E-state index in [2.05, 4.69) is 0 Å². The van der Waals surface area contributed by atoms with E-state index in [-0.39, 0.29) is 17.7 Å². The van der Waals surface area contributed by atoms with Crippen LogP contribution < -0.4 is 0 Å². The lowest BCUT2D eigenvalue weighted by Crippen LogP contribution is -2.40. The molecule has 0 bridgehead atoms. The predicted octanol–water partition coefficient (Wildman–Crippen LogP) is 6.45. The number of thioether (sulfide) groups is 1. The molecule has 1 saturated heterocycles. The van der Waals surface area contributed by atoms with Gasteiger partial charge in [0.15, 0.2) is 5.17 Å².